The molecule has 4 rings (SSSR count). The summed E-state index contributed by atoms with van der Waals surface area (Å²) < 4.78 is 12.0. The fourth-order valence-electron chi connectivity index (χ4n) is 3.77. The van der Waals surface area contributed by atoms with E-state index in [1.165, 1.54) is 17.7 Å². The Hall–Kier alpha value is -3.87. The van der Waals surface area contributed by atoms with E-state index in [4.69, 9.17) is 9.47 Å². The fraction of sp³-hybridized carbons (Fsp3) is 0.269. The highest BCUT2D eigenvalue weighted by Crippen LogP contribution is 2.33. The first-order chi connectivity index (χ1) is 16.1. The van der Waals surface area contributed by atoms with Crippen molar-refractivity contribution in [3.63, 3.8) is 0 Å². The number of nitro benzene ring substituents is 1. The van der Waals surface area contributed by atoms with Crippen molar-refractivity contribution in [2.75, 3.05) is 19.6 Å². The Kier molecular flexibility index (Phi) is 7.19. The van der Waals surface area contributed by atoms with Gasteiger partial charge in [-0.25, -0.2) is 0 Å². The molecule has 3 aromatic carbocycles. The predicted molar refractivity (Wildman–Crippen MR) is 128 cm³/mol. The number of hydrogen-bond acceptors (Lipinski definition) is 6. The second-order valence-corrected chi connectivity index (χ2v) is 7.95. The average molecular weight is 446 g/mol. The van der Waals surface area contributed by atoms with Crippen LogP contribution in [-0.2, 0) is 6.61 Å². The van der Waals surface area contributed by atoms with Gasteiger partial charge in [-0.1, -0.05) is 31.2 Å². The van der Waals surface area contributed by atoms with E-state index < -0.39 is 4.92 Å². The molecule has 0 saturated heterocycles. The zero-order chi connectivity index (χ0) is 23.0. The van der Waals surface area contributed by atoms with Gasteiger partial charge in [-0.3, -0.25) is 15.1 Å². The molecule has 0 fully saturated rings. The van der Waals surface area contributed by atoms with E-state index in [9.17, 15) is 10.1 Å². The zero-order valence-electron chi connectivity index (χ0n) is 18.6. The Labute approximate surface area is 193 Å². The Bertz CT molecular complexity index is 1100. The van der Waals surface area contributed by atoms with E-state index in [0.717, 1.165) is 37.4 Å². The molecule has 0 aliphatic carbocycles. The SMILES string of the molecule is CCC(CN1C=NCC1)c1ccc(Oc2ccccc2OCc2ccc([N+](=O)[O-])cc2)cc1. The standard InChI is InChI=1S/C26H27N3O4/c1-2-21(17-28-16-15-27-19-28)22-9-13-24(14-10-22)33-26-6-4-3-5-25(26)32-18-20-7-11-23(12-8-20)29(30)31/h3-14,19,21H,2,15-18H2,1H3. The van der Waals surface area contributed by atoms with Gasteiger partial charge in [0.1, 0.15) is 12.4 Å². The minimum atomic E-state index is -0.414. The molecular formula is C26H27N3O4. The van der Waals surface area contributed by atoms with Gasteiger partial charge in [0.05, 0.1) is 17.8 Å². The van der Waals surface area contributed by atoms with Crippen molar-refractivity contribution in [1.82, 2.24) is 4.90 Å². The Morgan fingerprint density at radius 1 is 1.03 bits per heavy atom. The van der Waals surface area contributed by atoms with Gasteiger partial charge in [-0.15, -0.1) is 0 Å². The molecule has 0 aromatic heterocycles. The van der Waals surface area contributed by atoms with Crippen LogP contribution in [0.2, 0.25) is 0 Å². The molecule has 33 heavy (non-hydrogen) atoms. The number of aliphatic imine (C=N–C) groups is 1. The number of hydrogen-bond donors (Lipinski definition) is 0. The molecule has 7 nitrogen and oxygen atoms in total. The Morgan fingerprint density at radius 2 is 1.76 bits per heavy atom. The first-order valence-corrected chi connectivity index (χ1v) is 11.1. The molecular weight excluding hydrogens is 418 g/mol. The van der Waals surface area contributed by atoms with Crippen LogP contribution >= 0.6 is 0 Å². The van der Waals surface area contributed by atoms with E-state index in [1.807, 2.05) is 42.7 Å². The maximum atomic E-state index is 10.8. The number of non-ortho nitro benzene ring substituents is 1. The molecule has 170 valence electrons. The van der Waals surface area contributed by atoms with Crippen LogP contribution in [-0.4, -0.2) is 35.8 Å². The van der Waals surface area contributed by atoms with Gasteiger partial charge in [0.2, 0.25) is 0 Å². The fourth-order valence-corrected chi connectivity index (χ4v) is 3.77. The molecule has 1 unspecified atom stereocenters. The van der Waals surface area contributed by atoms with Crippen molar-refractivity contribution >= 4 is 12.0 Å². The molecule has 0 spiro atoms. The second kappa shape index (κ2) is 10.6. The average Bonchev–Trinajstić information content (AvgIpc) is 3.36. The number of rotatable bonds is 10. The molecule has 0 N–H and O–H groups in total. The highest BCUT2D eigenvalue weighted by molar-refractivity contribution is 5.57. The largest absolute Gasteiger partial charge is 0.485 e. The molecule has 3 aromatic rings. The number of ether oxygens (including phenoxy) is 2. The van der Waals surface area contributed by atoms with Gasteiger partial charge >= 0.3 is 0 Å². The molecule has 1 heterocycles. The number of nitro groups is 1. The van der Waals surface area contributed by atoms with Crippen molar-refractivity contribution in [1.29, 1.82) is 0 Å². The van der Waals surface area contributed by atoms with E-state index >= 15 is 0 Å². The normalized spacial score (nSPS) is 13.7. The predicted octanol–water partition coefficient (Wildman–Crippen LogP) is 5.80. The smallest absolute Gasteiger partial charge is 0.269 e. The first-order valence-electron chi connectivity index (χ1n) is 11.1. The lowest BCUT2D eigenvalue weighted by Crippen LogP contribution is -2.25. The molecule has 1 aliphatic rings. The van der Waals surface area contributed by atoms with Crippen molar-refractivity contribution in [2.45, 2.75) is 25.9 Å². The lowest BCUT2D eigenvalue weighted by atomic mass is 9.96. The van der Waals surface area contributed by atoms with Gasteiger partial charge in [0.25, 0.3) is 5.69 Å². The Balaban J connectivity index is 1.39. The summed E-state index contributed by atoms with van der Waals surface area (Å²) in [4.78, 5) is 17.0. The van der Waals surface area contributed by atoms with Crippen LogP contribution in [0.1, 0.15) is 30.4 Å². The molecule has 7 heteroatoms. The minimum absolute atomic E-state index is 0.0600. The summed E-state index contributed by atoms with van der Waals surface area (Å²) in [7, 11) is 0. The van der Waals surface area contributed by atoms with Crippen LogP contribution in [0.4, 0.5) is 5.69 Å². The van der Waals surface area contributed by atoms with Crippen molar-refractivity contribution in [3.05, 3.63) is 94.0 Å². The Morgan fingerprint density at radius 3 is 2.39 bits per heavy atom. The molecule has 1 aliphatic heterocycles. The quantitative estimate of drug-likeness (QED) is 0.291. The van der Waals surface area contributed by atoms with Crippen molar-refractivity contribution in [2.24, 2.45) is 4.99 Å². The summed E-state index contributed by atoms with van der Waals surface area (Å²) in [5.74, 6) is 2.41. The lowest BCUT2D eigenvalue weighted by Gasteiger charge is -2.22. The molecule has 0 amide bonds. The van der Waals surface area contributed by atoms with E-state index in [-0.39, 0.29) is 12.3 Å². The number of para-hydroxylation sites is 2. The second-order valence-electron chi connectivity index (χ2n) is 7.95. The van der Waals surface area contributed by atoms with Crippen molar-refractivity contribution in [3.8, 4) is 17.2 Å². The monoisotopic (exact) mass is 445 g/mol. The highest BCUT2D eigenvalue weighted by Gasteiger charge is 2.15. The third kappa shape index (κ3) is 5.88. The zero-order valence-corrected chi connectivity index (χ0v) is 18.6. The van der Waals surface area contributed by atoms with Gasteiger partial charge in [-0.05, 0) is 53.9 Å². The third-order valence-electron chi connectivity index (χ3n) is 5.68. The molecule has 0 saturated carbocycles. The lowest BCUT2D eigenvalue weighted by molar-refractivity contribution is -0.384. The van der Waals surface area contributed by atoms with Gasteiger partial charge in [0, 0.05) is 31.1 Å². The summed E-state index contributed by atoms with van der Waals surface area (Å²) >= 11 is 0. The minimum Gasteiger partial charge on any atom is -0.485 e. The molecule has 0 bridgehead atoms. The van der Waals surface area contributed by atoms with Crippen LogP contribution in [0.25, 0.3) is 0 Å². The van der Waals surface area contributed by atoms with Gasteiger partial charge < -0.3 is 14.4 Å². The topological polar surface area (TPSA) is 77.2 Å². The summed E-state index contributed by atoms with van der Waals surface area (Å²) in [5, 5.41) is 10.8. The molecule has 0 radical (unpaired) electrons. The summed E-state index contributed by atoms with van der Waals surface area (Å²) in [6.07, 6.45) is 3.01. The van der Waals surface area contributed by atoms with Crippen LogP contribution in [0.15, 0.2) is 77.8 Å². The van der Waals surface area contributed by atoms with Crippen LogP contribution < -0.4 is 9.47 Å². The molecule has 1 atom stereocenters. The number of benzene rings is 3. The van der Waals surface area contributed by atoms with Gasteiger partial charge in [0.15, 0.2) is 11.5 Å². The van der Waals surface area contributed by atoms with Crippen LogP contribution in [0.5, 0.6) is 17.2 Å². The van der Waals surface area contributed by atoms with Crippen molar-refractivity contribution < 1.29 is 14.4 Å². The maximum Gasteiger partial charge on any atom is 0.269 e. The van der Waals surface area contributed by atoms with E-state index in [1.54, 1.807) is 12.1 Å². The number of nitrogens with zero attached hydrogens (tertiary/aromatic N) is 3. The maximum absolute atomic E-state index is 10.8. The first kappa shape index (κ1) is 22.3. The third-order valence-corrected chi connectivity index (χ3v) is 5.68. The van der Waals surface area contributed by atoms with Crippen LogP contribution in [0.3, 0.4) is 0 Å². The van der Waals surface area contributed by atoms with E-state index in [0.29, 0.717) is 17.4 Å². The highest BCUT2D eigenvalue weighted by atomic mass is 16.6. The summed E-state index contributed by atoms with van der Waals surface area (Å²) in [6, 6.07) is 22.0. The summed E-state index contributed by atoms with van der Waals surface area (Å²) in [5.41, 5.74) is 2.19. The van der Waals surface area contributed by atoms with Crippen LogP contribution in [0, 0.1) is 10.1 Å². The summed E-state index contributed by atoms with van der Waals surface area (Å²) in [6.45, 7) is 5.35. The van der Waals surface area contributed by atoms with E-state index in [2.05, 4.69) is 28.9 Å². The van der Waals surface area contributed by atoms with Gasteiger partial charge in [-0.2, -0.15) is 0 Å².